The molecule has 0 amide bonds. The third-order valence-electron chi connectivity index (χ3n) is 1.87. The molecule has 12 heavy (non-hydrogen) atoms. The van der Waals surface area contributed by atoms with Gasteiger partial charge in [-0.05, 0) is 33.6 Å². The molecule has 1 saturated heterocycles. The van der Waals surface area contributed by atoms with Crippen LogP contribution in [0.25, 0.3) is 0 Å². The summed E-state index contributed by atoms with van der Waals surface area (Å²) in [5.41, 5.74) is 0.151. The van der Waals surface area contributed by atoms with Gasteiger partial charge >= 0.3 is 0 Å². The van der Waals surface area contributed by atoms with Crippen molar-refractivity contribution in [2.45, 2.75) is 33.6 Å². The molecule has 0 bridgehead atoms. The highest BCUT2D eigenvalue weighted by molar-refractivity contribution is 5.10. The van der Waals surface area contributed by atoms with E-state index in [1.807, 2.05) is 0 Å². The third kappa shape index (κ3) is 3.78. The molecule has 0 N–H and O–H groups in total. The van der Waals surface area contributed by atoms with E-state index < -0.39 is 0 Å². The second-order valence-electron chi connectivity index (χ2n) is 4.41. The first kappa shape index (κ1) is 9.61. The topological polar surface area (TPSA) is 9.23 Å². The number of ether oxygens (including phenoxy) is 1. The van der Waals surface area contributed by atoms with Crippen LogP contribution in [-0.2, 0) is 4.74 Å². The van der Waals surface area contributed by atoms with Gasteiger partial charge in [-0.3, -0.25) is 0 Å². The zero-order chi connectivity index (χ0) is 9.03. The van der Waals surface area contributed by atoms with E-state index in [9.17, 15) is 0 Å². The van der Waals surface area contributed by atoms with Crippen LogP contribution in [0.2, 0.25) is 0 Å². The maximum Gasteiger partial charge on any atom is 0.0477 e. The van der Waals surface area contributed by atoms with Gasteiger partial charge in [0, 0.05) is 24.5 Å². The van der Waals surface area contributed by atoms with Gasteiger partial charge in [0.15, 0.2) is 0 Å². The molecule has 0 aromatic carbocycles. The normalized spacial score (nSPS) is 19.9. The number of hydrogen-bond acceptors (Lipinski definition) is 1. The molecule has 0 aromatic heterocycles. The summed E-state index contributed by atoms with van der Waals surface area (Å²) in [5, 5.41) is 0. The summed E-state index contributed by atoms with van der Waals surface area (Å²) in [6.07, 6.45) is 2.23. The fourth-order valence-electron chi connectivity index (χ4n) is 1.16. The number of rotatable bonds is 0. The standard InChI is InChI=1S/C11H18O/c1-11(2,3)7-4-10-5-8-12-9-6-10/h10H,5-6,8-9H2,1-3H3. The van der Waals surface area contributed by atoms with Crippen LogP contribution < -0.4 is 0 Å². The molecule has 1 fully saturated rings. The Morgan fingerprint density at radius 1 is 1.17 bits per heavy atom. The Balaban J connectivity index is 2.41. The van der Waals surface area contributed by atoms with Crippen LogP contribution in [-0.4, -0.2) is 13.2 Å². The summed E-state index contributed by atoms with van der Waals surface area (Å²) in [7, 11) is 0. The lowest BCUT2D eigenvalue weighted by Crippen LogP contribution is -2.14. The Labute approximate surface area is 75.5 Å². The third-order valence-corrected chi connectivity index (χ3v) is 1.87. The lowest BCUT2D eigenvalue weighted by molar-refractivity contribution is 0.0806. The van der Waals surface area contributed by atoms with E-state index in [2.05, 4.69) is 32.6 Å². The zero-order valence-electron chi connectivity index (χ0n) is 8.31. The molecule has 0 radical (unpaired) electrons. The summed E-state index contributed by atoms with van der Waals surface area (Å²) >= 11 is 0. The molecule has 1 rings (SSSR count). The number of hydrogen-bond donors (Lipinski definition) is 0. The van der Waals surface area contributed by atoms with Crippen molar-refractivity contribution in [2.75, 3.05) is 13.2 Å². The van der Waals surface area contributed by atoms with Crippen LogP contribution >= 0.6 is 0 Å². The Hall–Kier alpha value is -0.480. The lowest BCUT2D eigenvalue weighted by atomic mass is 9.94. The highest BCUT2D eigenvalue weighted by atomic mass is 16.5. The van der Waals surface area contributed by atoms with E-state index in [0.29, 0.717) is 5.92 Å². The average molecular weight is 166 g/mol. The van der Waals surface area contributed by atoms with Crippen LogP contribution in [0.5, 0.6) is 0 Å². The maximum atomic E-state index is 5.26. The summed E-state index contributed by atoms with van der Waals surface area (Å²) in [6.45, 7) is 8.24. The van der Waals surface area contributed by atoms with Crippen molar-refractivity contribution in [3.63, 3.8) is 0 Å². The van der Waals surface area contributed by atoms with Gasteiger partial charge in [0.05, 0.1) is 0 Å². The van der Waals surface area contributed by atoms with Gasteiger partial charge < -0.3 is 4.74 Å². The van der Waals surface area contributed by atoms with Gasteiger partial charge in [-0.25, -0.2) is 0 Å². The molecule has 68 valence electrons. The monoisotopic (exact) mass is 166 g/mol. The Morgan fingerprint density at radius 3 is 2.25 bits per heavy atom. The van der Waals surface area contributed by atoms with Gasteiger partial charge in [0.2, 0.25) is 0 Å². The summed E-state index contributed by atoms with van der Waals surface area (Å²) < 4.78 is 5.26. The second kappa shape index (κ2) is 3.96. The van der Waals surface area contributed by atoms with Gasteiger partial charge in [-0.15, -0.1) is 0 Å². The van der Waals surface area contributed by atoms with Crippen LogP contribution in [0.1, 0.15) is 33.6 Å². The first-order valence-electron chi connectivity index (χ1n) is 4.68. The van der Waals surface area contributed by atoms with Crippen molar-refractivity contribution in [1.82, 2.24) is 0 Å². The predicted molar refractivity (Wildman–Crippen MR) is 50.8 cm³/mol. The van der Waals surface area contributed by atoms with E-state index in [-0.39, 0.29) is 5.41 Å². The smallest absolute Gasteiger partial charge is 0.0477 e. The van der Waals surface area contributed by atoms with Crippen molar-refractivity contribution in [3.05, 3.63) is 0 Å². The first-order chi connectivity index (χ1) is 5.58. The van der Waals surface area contributed by atoms with Crippen LogP contribution in [0, 0.1) is 23.2 Å². The quantitative estimate of drug-likeness (QED) is 0.502. The zero-order valence-corrected chi connectivity index (χ0v) is 8.31. The SMILES string of the molecule is CC(C)(C)C#CC1CCOCC1. The van der Waals surface area contributed by atoms with E-state index in [1.54, 1.807) is 0 Å². The molecule has 1 heteroatoms. The molecule has 0 atom stereocenters. The minimum atomic E-state index is 0.151. The molecule has 0 unspecified atom stereocenters. The lowest BCUT2D eigenvalue weighted by Gasteiger charge is -2.17. The van der Waals surface area contributed by atoms with Crippen molar-refractivity contribution < 1.29 is 4.74 Å². The largest absolute Gasteiger partial charge is 0.381 e. The van der Waals surface area contributed by atoms with E-state index in [0.717, 1.165) is 26.1 Å². The molecule has 0 saturated carbocycles. The first-order valence-corrected chi connectivity index (χ1v) is 4.68. The fourth-order valence-corrected chi connectivity index (χ4v) is 1.16. The average Bonchev–Trinajstić information content (AvgIpc) is 2.02. The Bertz CT molecular complexity index is 183. The van der Waals surface area contributed by atoms with Crippen LogP contribution in [0.15, 0.2) is 0 Å². The van der Waals surface area contributed by atoms with Crippen LogP contribution in [0.3, 0.4) is 0 Å². The Morgan fingerprint density at radius 2 is 1.75 bits per heavy atom. The summed E-state index contributed by atoms with van der Waals surface area (Å²) in [6, 6.07) is 0. The summed E-state index contributed by atoms with van der Waals surface area (Å²) in [5.74, 6) is 7.20. The molecule has 1 aliphatic rings. The van der Waals surface area contributed by atoms with Crippen molar-refractivity contribution in [1.29, 1.82) is 0 Å². The predicted octanol–water partition coefficient (Wildman–Crippen LogP) is 2.46. The minimum absolute atomic E-state index is 0.151. The van der Waals surface area contributed by atoms with Crippen molar-refractivity contribution >= 4 is 0 Å². The van der Waals surface area contributed by atoms with E-state index >= 15 is 0 Å². The van der Waals surface area contributed by atoms with Crippen molar-refractivity contribution in [2.24, 2.45) is 11.3 Å². The van der Waals surface area contributed by atoms with Crippen molar-refractivity contribution in [3.8, 4) is 11.8 Å². The molecular weight excluding hydrogens is 148 g/mol. The minimum Gasteiger partial charge on any atom is -0.381 e. The van der Waals surface area contributed by atoms with E-state index in [4.69, 9.17) is 4.74 Å². The molecule has 1 nitrogen and oxygen atoms in total. The summed E-state index contributed by atoms with van der Waals surface area (Å²) in [4.78, 5) is 0. The Kier molecular flexibility index (Phi) is 3.17. The van der Waals surface area contributed by atoms with Gasteiger partial charge in [0.25, 0.3) is 0 Å². The van der Waals surface area contributed by atoms with Gasteiger partial charge in [-0.1, -0.05) is 11.8 Å². The molecule has 0 aliphatic carbocycles. The van der Waals surface area contributed by atoms with Crippen LogP contribution in [0.4, 0.5) is 0 Å². The highest BCUT2D eigenvalue weighted by Crippen LogP contribution is 2.16. The molecular formula is C11H18O. The molecule has 0 spiro atoms. The van der Waals surface area contributed by atoms with E-state index in [1.165, 1.54) is 0 Å². The fraction of sp³-hybridized carbons (Fsp3) is 0.818. The maximum absolute atomic E-state index is 5.26. The highest BCUT2D eigenvalue weighted by Gasteiger charge is 2.11. The van der Waals surface area contributed by atoms with Gasteiger partial charge in [0.1, 0.15) is 0 Å². The second-order valence-corrected chi connectivity index (χ2v) is 4.41. The molecule has 1 heterocycles. The molecule has 0 aromatic rings. The molecule has 1 aliphatic heterocycles. The van der Waals surface area contributed by atoms with Gasteiger partial charge in [-0.2, -0.15) is 0 Å².